The lowest BCUT2D eigenvalue weighted by molar-refractivity contribution is 0.148. The second kappa shape index (κ2) is 6.92. The number of benzene rings is 1. The van der Waals surface area contributed by atoms with Crippen molar-refractivity contribution in [2.24, 2.45) is 0 Å². The van der Waals surface area contributed by atoms with Crippen LogP contribution in [0.15, 0.2) is 24.3 Å². The summed E-state index contributed by atoms with van der Waals surface area (Å²) in [6.45, 7) is 6.52. The molecule has 1 saturated carbocycles. The van der Waals surface area contributed by atoms with E-state index in [0.717, 1.165) is 31.4 Å². The Morgan fingerprint density at radius 3 is 2.44 bits per heavy atom. The fourth-order valence-corrected chi connectivity index (χ4v) is 5.43. The van der Waals surface area contributed by atoms with Crippen molar-refractivity contribution in [2.75, 3.05) is 11.1 Å². The SMILES string of the molecule is CC(C)(C)c1ccc(NC(=O)N2C(C#N)CSC23CCCCC3)cc1. The number of carbonyl (C=O) groups excluding carboxylic acids is 1. The van der Waals surface area contributed by atoms with Crippen LogP contribution < -0.4 is 5.32 Å². The van der Waals surface area contributed by atoms with E-state index in [9.17, 15) is 10.1 Å². The summed E-state index contributed by atoms with van der Waals surface area (Å²) in [7, 11) is 0. The molecule has 1 aromatic carbocycles. The van der Waals surface area contributed by atoms with Gasteiger partial charge in [-0.2, -0.15) is 5.26 Å². The molecule has 1 N–H and O–H groups in total. The van der Waals surface area contributed by atoms with Gasteiger partial charge in [-0.25, -0.2) is 4.79 Å². The average Bonchev–Trinajstić information content (AvgIpc) is 2.93. The minimum atomic E-state index is -0.336. The lowest BCUT2D eigenvalue weighted by Gasteiger charge is -2.41. The number of amides is 2. The molecule has 5 heteroatoms. The van der Waals surface area contributed by atoms with Gasteiger partial charge >= 0.3 is 6.03 Å². The second-order valence-electron chi connectivity index (χ2n) is 8.09. The number of nitriles is 1. The summed E-state index contributed by atoms with van der Waals surface area (Å²) in [4.78, 5) is 14.6. The van der Waals surface area contributed by atoms with Gasteiger partial charge in [0.2, 0.25) is 0 Å². The molecular formula is C20H27N3OS. The molecule has 1 saturated heterocycles. The number of hydrogen-bond acceptors (Lipinski definition) is 3. The van der Waals surface area contributed by atoms with Gasteiger partial charge in [-0.15, -0.1) is 11.8 Å². The summed E-state index contributed by atoms with van der Waals surface area (Å²) in [5.41, 5.74) is 2.12. The standard InChI is InChI=1S/C20H27N3OS/c1-19(2,3)15-7-9-16(10-8-15)22-18(24)23-17(13-21)14-25-20(23)11-5-4-6-12-20/h7-10,17H,4-6,11-12,14H2,1-3H3,(H,22,24). The van der Waals surface area contributed by atoms with Gasteiger partial charge in [-0.1, -0.05) is 52.2 Å². The zero-order valence-electron chi connectivity index (χ0n) is 15.3. The van der Waals surface area contributed by atoms with E-state index < -0.39 is 0 Å². The van der Waals surface area contributed by atoms with E-state index in [1.165, 1.54) is 12.0 Å². The summed E-state index contributed by atoms with van der Waals surface area (Å²) in [6.07, 6.45) is 5.48. The molecule has 0 bridgehead atoms. The Bertz CT molecular complexity index is 666. The van der Waals surface area contributed by atoms with Crippen molar-refractivity contribution in [1.29, 1.82) is 5.26 Å². The van der Waals surface area contributed by atoms with E-state index in [-0.39, 0.29) is 22.4 Å². The summed E-state index contributed by atoms with van der Waals surface area (Å²) >= 11 is 1.79. The molecule has 2 amide bonds. The third-order valence-corrected chi connectivity index (χ3v) is 6.89. The van der Waals surface area contributed by atoms with Crippen LogP contribution in [0.1, 0.15) is 58.4 Å². The van der Waals surface area contributed by atoms with Crippen LogP contribution in [0.5, 0.6) is 0 Å². The molecule has 1 heterocycles. The fraction of sp³-hybridized carbons (Fsp3) is 0.600. The van der Waals surface area contributed by atoms with Crippen LogP contribution >= 0.6 is 11.8 Å². The molecule has 1 atom stereocenters. The Morgan fingerprint density at radius 2 is 1.88 bits per heavy atom. The highest BCUT2D eigenvalue weighted by Crippen LogP contribution is 2.49. The first-order valence-electron chi connectivity index (χ1n) is 9.10. The maximum absolute atomic E-state index is 13.0. The first-order chi connectivity index (χ1) is 11.9. The smallest absolute Gasteiger partial charge is 0.308 e. The first-order valence-corrected chi connectivity index (χ1v) is 10.1. The van der Waals surface area contributed by atoms with E-state index >= 15 is 0 Å². The summed E-state index contributed by atoms with van der Waals surface area (Å²) in [5, 5.41) is 12.5. The van der Waals surface area contributed by atoms with Crippen molar-refractivity contribution in [3.05, 3.63) is 29.8 Å². The van der Waals surface area contributed by atoms with Crippen LogP contribution in [-0.2, 0) is 5.41 Å². The number of anilines is 1. The van der Waals surface area contributed by atoms with E-state index in [2.05, 4.69) is 44.3 Å². The van der Waals surface area contributed by atoms with Gasteiger partial charge in [0.1, 0.15) is 6.04 Å². The molecule has 0 radical (unpaired) electrons. The van der Waals surface area contributed by atoms with Crippen molar-refractivity contribution in [1.82, 2.24) is 4.90 Å². The average molecular weight is 358 g/mol. The van der Waals surface area contributed by atoms with Crippen LogP contribution in [0.2, 0.25) is 0 Å². The Morgan fingerprint density at radius 1 is 1.24 bits per heavy atom. The summed E-state index contributed by atoms with van der Waals surface area (Å²) < 4.78 is 0. The molecule has 1 unspecified atom stereocenters. The van der Waals surface area contributed by atoms with E-state index in [0.29, 0.717) is 5.75 Å². The van der Waals surface area contributed by atoms with Crippen LogP contribution in [-0.4, -0.2) is 27.6 Å². The van der Waals surface area contributed by atoms with Gasteiger partial charge in [0, 0.05) is 11.4 Å². The number of urea groups is 1. The minimum Gasteiger partial charge on any atom is -0.308 e. The monoisotopic (exact) mass is 357 g/mol. The second-order valence-corrected chi connectivity index (χ2v) is 9.47. The highest BCUT2D eigenvalue weighted by Gasteiger charge is 2.50. The van der Waals surface area contributed by atoms with Crippen molar-refractivity contribution in [2.45, 2.75) is 69.2 Å². The van der Waals surface area contributed by atoms with Crippen molar-refractivity contribution < 1.29 is 4.79 Å². The molecule has 134 valence electrons. The summed E-state index contributed by atoms with van der Waals surface area (Å²) in [6, 6.07) is 9.89. The van der Waals surface area contributed by atoms with Gasteiger partial charge < -0.3 is 5.32 Å². The number of hydrogen-bond donors (Lipinski definition) is 1. The van der Waals surface area contributed by atoms with Gasteiger partial charge in [-0.3, -0.25) is 4.90 Å². The molecule has 1 spiro atoms. The molecule has 0 aromatic heterocycles. The Labute approximate surface area is 155 Å². The van der Waals surface area contributed by atoms with Crippen LogP contribution in [0, 0.1) is 11.3 Å². The molecule has 4 nitrogen and oxygen atoms in total. The molecule has 25 heavy (non-hydrogen) atoms. The van der Waals surface area contributed by atoms with E-state index in [1.54, 1.807) is 11.8 Å². The maximum atomic E-state index is 13.0. The number of carbonyl (C=O) groups is 1. The molecule has 3 rings (SSSR count). The fourth-order valence-electron chi connectivity index (χ4n) is 3.81. The first kappa shape index (κ1) is 18.1. The van der Waals surface area contributed by atoms with Crippen molar-refractivity contribution in [3.8, 4) is 6.07 Å². The number of thioether (sulfide) groups is 1. The summed E-state index contributed by atoms with van der Waals surface area (Å²) in [5.74, 6) is 0.715. The van der Waals surface area contributed by atoms with E-state index in [4.69, 9.17) is 0 Å². The van der Waals surface area contributed by atoms with Crippen molar-refractivity contribution in [3.63, 3.8) is 0 Å². The zero-order chi connectivity index (χ0) is 18.1. The van der Waals surface area contributed by atoms with Crippen LogP contribution in [0.25, 0.3) is 0 Å². The Balaban J connectivity index is 1.77. The number of nitrogens with zero attached hydrogens (tertiary/aromatic N) is 2. The van der Waals surface area contributed by atoms with Gasteiger partial charge in [0.05, 0.1) is 10.9 Å². The normalized spacial score (nSPS) is 22.6. The highest BCUT2D eigenvalue weighted by atomic mass is 32.2. The van der Waals surface area contributed by atoms with Gasteiger partial charge in [0.25, 0.3) is 0 Å². The zero-order valence-corrected chi connectivity index (χ0v) is 16.2. The molecule has 1 aromatic rings. The predicted molar refractivity (Wildman–Crippen MR) is 104 cm³/mol. The van der Waals surface area contributed by atoms with E-state index in [1.807, 2.05) is 17.0 Å². The maximum Gasteiger partial charge on any atom is 0.324 e. The third-order valence-electron chi connectivity index (χ3n) is 5.27. The van der Waals surface area contributed by atoms with Crippen LogP contribution in [0.4, 0.5) is 10.5 Å². The molecule has 1 aliphatic carbocycles. The van der Waals surface area contributed by atoms with Crippen molar-refractivity contribution >= 4 is 23.5 Å². The lowest BCUT2D eigenvalue weighted by Crippen LogP contribution is -2.52. The Kier molecular flexibility index (Phi) is 5.02. The lowest BCUT2D eigenvalue weighted by atomic mass is 9.87. The quantitative estimate of drug-likeness (QED) is 0.759. The van der Waals surface area contributed by atoms with Gasteiger partial charge in [-0.05, 0) is 36.0 Å². The topological polar surface area (TPSA) is 56.1 Å². The molecule has 2 aliphatic rings. The van der Waals surface area contributed by atoms with Crippen LogP contribution in [0.3, 0.4) is 0 Å². The van der Waals surface area contributed by atoms with Gasteiger partial charge in [0.15, 0.2) is 0 Å². The number of rotatable bonds is 1. The molecule has 2 fully saturated rings. The largest absolute Gasteiger partial charge is 0.324 e. The molecular weight excluding hydrogens is 330 g/mol. The predicted octanol–water partition coefficient (Wildman–Crippen LogP) is 5.12. The third kappa shape index (κ3) is 3.64. The number of nitrogens with one attached hydrogen (secondary N) is 1. The highest BCUT2D eigenvalue weighted by molar-refractivity contribution is 8.00. The minimum absolute atomic E-state index is 0.0895. The molecule has 1 aliphatic heterocycles. The Hall–Kier alpha value is -1.67.